The average molecular weight is 325 g/mol. The maximum Gasteiger partial charge on any atom is 0.312 e. The van der Waals surface area contributed by atoms with E-state index in [2.05, 4.69) is 25.9 Å². The average Bonchev–Trinajstić information content (AvgIpc) is 2.92. The molecule has 0 bridgehead atoms. The van der Waals surface area contributed by atoms with Gasteiger partial charge >= 0.3 is 5.97 Å². The van der Waals surface area contributed by atoms with E-state index in [1.165, 1.54) is 19.3 Å². The maximum atomic E-state index is 12.1. The smallest absolute Gasteiger partial charge is 0.312 e. The van der Waals surface area contributed by atoms with Gasteiger partial charge < -0.3 is 9.57 Å². The van der Waals surface area contributed by atoms with Gasteiger partial charge in [0.05, 0.1) is 18.2 Å². The van der Waals surface area contributed by atoms with E-state index in [0.717, 1.165) is 31.4 Å². The minimum atomic E-state index is -0.582. The monoisotopic (exact) mass is 325 g/mol. The van der Waals surface area contributed by atoms with Crippen molar-refractivity contribution in [2.24, 2.45) is 16.5 Å². The number of carbonyl (C=O) groups is 1. The molecule has 4 heteroatoms. The Balaban J connectivity index is 2.79. The highest BCUT2D eigenvalue weighted by atomic mass is 16.7. The van der Waals surface area contributed by atoms with Gasteiger partial charge in [0.15, 0.2) is 5.60 Å². The summed E-state index contributed by atoms with van der Waals surface area (Å²) in [5.41, 5.74) is 0.617. The van der Waals surface area contributed by atoms with Gasteiger partial charge in [0.25, 0.3) is 0 Å². The molecule has 0 spiro atoms. The highest BCUT2D eigenvalue weighted by molar-refractivity contribution is 5.92. The molecular weight excluding hydrogens is 290 g/mol. The number of hydrogen-bond donors (Lipinski definition) is 0. The molecule has 23 heavy (non-hydrogen) atoms. The fraction of sp³-hybridized carbons (Fsp3) is 0.895. The lowest BCUT2D eigenvalue weighted by Gasteiger charge is -2.31. The van der Waals surface area contributed by atoms with E-state index in [0.29, 0.717) is 6.61 Å². The summed E-state index contributed by atoms with van der Waals surface area (Å²) < 4.78 is 5.16. The first-order valence-corrected chi connectivity index (χ1v) is 9.25. The van der Waals surface area contributed by atoms with Crippen LogP contribution >= 0.6 is 0 Å². The van der Waals surface area contributed by atoms with Crippen LogP contribution in [0.2, 0.25) is 0 Å². The minimum Gasteiger partial charge on any atom is -0.466 e. The lowest BCUT2D eigenvalue weighted by Crippen LogP contribution is -2.40. The summed E-state index contributed by atoms with van der Waals surface area (Å²) >= 11 is 0. The maximum absolute atomic E-state index is 12.1. The molecule has 1 rings (SSSR count). The van der Waals surface area contributed by atoms with Crippen LogP contribution in [-0.2, 0) is 14.4 Å². The lowest BCUT2D eigenvalue weighted by atomic mass is 9.72. The Labute approximate surface area is 142 Å². The van der Waals surface area contributed by atoms with E-state index in [4.69, 9.17) is 9.57 Å². The Morgan fingerprint density at radius 2 is 2.00 bits per heavy atom. The second-order valence-electron chi connectivity index (χ2n) is 7.36. The van der Waals surface area contributed by atoms with Crippen molar-refractivity contribution in [2.75, 3.05) is 6.61 Å². The number of esters is 1. The molecule has 0 saturated carbocycles. The third kappa shape index (κ3) is 4.95. The normalized spacial score (nSPS) is 24.5. The van der Waals surface area contributed by atoms with Gasteiger partial charge in [0.1, 0.15) is 0 Å². The van der Waals surface area contributed by atoms with Gasteiger partial charge in [-0.2, -0.15) is 0 Å². The minimum absolute atomic E-state index is 0.0794. The van der Waals surface area contributed by atoms with Gasteiger partial charge in [-0.05, 0) is 33.6 Å². The number of oxime groups is 1. The molecule has 0 aromatic rings. The van der Waals surface area contributed by atoms with E-state index in [1.54, 1.807) is 0 Å². The molecule has 1 aliphatic rings. The highest BCUT2D eigenvalue weighted by Gasteiger charge is 2.47. The van der Waals surface area contributed by atoms with Crippen molar-refractivity contribution in [1.82, 2.24) is 0 Å². The predicted molar refractivity (Wildman–Crippen MR) is 94.5 cm³/mol. The van der Waals surface area contributed by atoms with Crippen LogP contribution < -0.4 is 0 Å². The Morgan fingerprint density at radius 1 is 1.30 bits per heavy atom. The molecule has 0 radical (unpaired) electrons. The Hall–Kier alpha value is -1.06. The first-order valence-electron chi connectivity index (χ1n) is 9.25. The summed E-state index contributed by atoms with van der Waals surface area (Å²) in [7, 11) is 0. The molecule has 1 heterocycles. The molecule has 0 aromatic carbocycles. The van der Waals surface area contributed by atoms with Crippen molar-refractivity contribution in [2.45, 2.75) is 92.1 Å². The quantitative estimate of drug-likeness (QED) is 0.414. The van der Waals surface area contributed by atoms with Crippen LogP contribution in [0.5, 0.6) is 0 Å². The van der Waals surface area contributed by atoms with Crippen LogP contribution in [0.15, 0.2) is 5.16 Å². The fourth-order valence-corrected chi connectivity index (χ4v) is 3.36. The molecule has 0 aliphatic carbocycles. The number of rotatable bonds is 10. The molecule has 1 aliphatic heterocycles. The van der Waals surface area contributed by atoms with Crippen LogP contribution in [0, 0.1) is 11.3 Å². The highest BCUT2D eigenvalue weighted by Crippen LogP contribution is 2.41. The lowest BCUT2D eigenvalue weighted by molar-refractivity contribution is -0.158. The van der Waals surface area contributed by atoms with E-state index in [1.807, 2.05) is 20.8 Å². The van der Waals surface area contributed by atoms with E-state index < -0.39 is 5.60 Å². The molecule has 4 nitrogen and oxygen atoms in total. The van der Waals surface area contributed by atoms with Gasteiger partial charge in [-0.1, -0.05) is 51.6 Å². The van der Waals surface area contributed by atoms with Crippen molar-refractivity contribution in [1.29, 1.82) is 0 Å². The molecule has 3 unspecified atom stereocenters. The summed E-state index contributed by atoms with van der Waals surface area (Å²) in [6, 6.07) is 0. The SMILES string of the molecule is CCCCCC(C)(CCC)C1=NOC(C)(C(C)C(=O)OCC)C1. The third-order valence-electron chi connectivity index (χ3n) is 5.27. The Morgan fingerprint density at radius 3 is 2.57 bits per heavy atom. The standard InChI is InChI=1S/C19H35NO3/c1-7-10-11-13-18(5,12-8-2)16-14-19(6,23-20-16)15(4)17(21)22-9-3/h15H,7-14H2,1-6H3. The summed E-state index contributed by atoms with van der Waals surface area (Å²) in [6.07, 6.45) is 7.80. The topological polar surface area (TPSA) is 47.9 Å². The molecule has 134 valence electrons. The van der Waals surface area contributed by atoms with Crippen molar-refractivity contribution in [3.05, 3.63) is 0 Å². The van der Waals surface area contributed by atoms with Crippen molar-refractivity contribution in [3.8, 4) is 0 Å². The number of hydrogen-bond acceptors (Lipinski definition) is 4. The zero-order valence-electron chi connectivity index (χ0n) is 15.9. The predicted octanol–water partition coefficient (Wildman–Crippen LogP) is 5.11. The van der Waals surface area contributed by atoms with E-state index >= 15 is 0 Å². The summed E-state index contributed by atoms with van der Waals surface area (Å²) in [4.78, 5) is 17.8. The zero-order valence-corrected chi connectivity index (χ0v) is 15.9. The molecule has 0 fully saturated rings. The Kier molecular flexibility index (Phi) is 7.56. The van der Waals surface area contributed by atoms with Gasteiger partial charge in [0.2, 0.25) is 0 Å². The molecule has 0 amide bonds. The number of unbranched alkanes of at least 4 members (excludes halogenated alkanes) is 2. The zero-order chi connectivity index (χ0) is 17.5. The van der Waals surface area contributed by atoms with Crippen molar-refractivity contribution in [3.63, 3.8) is 0 Å². The van der Waals surface area contributed by atoms with Gasteiger partial charge in [-0.15, -0.1) is 0 Å². The van der Waals surface area contributed by atoms with Crippen molar-refractivity contribution >= 4 is 11.7 Å². The number of carbonyl (C=O) groups excluding carboxylic acids is 1. The first-order chi connectivity index (χ1) is 10.8. The van der Waals surface area contributed by atoms with Crippen LogP contribution in [-0.4, -0.2) is 23.9 Å². The third-order valence-corrected chi connectivity index (χ3v) is 5.27. The van der Waals surface area contributed by atoms with Crippen LogP contribution in [0.4, 0.5) is 0 Å². The number of ether oxygens (including phenoxy) is 1. The van der Waals surface area contributed by atoms with Crippen LogP contribution in [0.3, 0.4) is 0 Å². The van der Waals surface area contributed by atoms with E-state index in [-0.39, 0.29) is 17.3 Å². The van der Waals surface area contributed by atoms with E-state index in [9.17, 15) is 4.79 Å². The molecular formula is C19H35NO3. The fourth-order valence-electron chi connectivity index (χ4n) is 3.36. The van der Waals surface area contributed by atoms with Gasteiger partial charge in [-0.3, -0.25) is 4.79 Å². The summed E-state index contributed by atoms with van der Waals surface area (Å²) in [5.74, 6) is -0.514. The summed E-state index contributed by atoms with van der Waals surface area (Å²) in [5, 5.41) is 4.43. The molecule has 0 saturated heterocycles. The van der Waals surface area contributed by atoms with Crippen LogP contribution in [0.25, 0.3) is 0 Å². The molecule has 0 aromatic heterocycles. The first kappa shape index (κ1) is 20.0. The largest absolute Gasteiger partial charge is 0.466 e. The number of nitrogens with zero attached hydrogens (tertiary/aromatic N) is 1. The summed E-state index contributed by atoms with van der Waals surface area (Å²) in [6.45, 7) is 12.8. The second-order valence-corrected chi connectivity index (χ2v) is 7.36. The second kappa shape index (κ2) is 8.70. The Bertz CT molecular complexity index is 421. The van der Waals surface area contributed by atoms with Gasteiger partial charge in [-0.25, -0.2) is 0 Å². The van der Waals surface area contributed by atoms with Crippen LogP contribution in [0.1, 0.15) is 86.5 Å². The molecule has 0 N–H and O–H groups in total. The van der Waals surface area contributed by atoms with Gasteiger partial charge in [0, 0.05) is 11.8 Å². The molecule has 3 atom stereocenters. The van der Waals surface area contributed by atoms with Crippen molar-refractivity contribution < 1.29 is 14.4 Å².